The number of anilines is 1. The van der Waals surface area contributed by atoms with Crippen molar-refractivity contribution in [3.05, 3.63) is 33.9 Å². The van der Waals surface area contributed by atoms with Crippen LogP contribution in [0.3, 0.4) is 0 Å². The maximum atomic E-state index is 11.1. The summed E-state index contributed by atoms with van der Waals surface area (Å²) in [6, 6.07) is 5.05. The van der Waals surface area contributed by atoms with Crippen molar-refractivity contribution in [1.29, 1.82) is 0 Å². The maximum Gasteiger partial charge on any atom is 0.292 e. The van der Waals surface area contributed by atoms with Crippen molar-refractivity contribution >= 4 is 11.4 Å². The van der Waals surface area contributed by atoms with Crippen LogP contribution in [-0.2, 0) is 4.74 Å². The van der Waals surface area contributed by atoms with Crippen LogP contribution in [0.15, 0.2) is 18.2 Å². The Kier molecular flexibility index (Phi) is 4.01. The first-order chi connectivity index (χ1) is 9.02. The lowest BCUT2D eigenvalue weighted by Gasteiger charge is -2.37. The number of morpholine rings is 1. The van der Waals surface area contributed by atoms with E-state index < -0.39 is 0 Å². The third-order valence-corrected chi connectivity index (χ3v) is 3.26. The monoisotopic (exact) mass is 266 g/mol. The molecule has 0 amide bonds. The molecule has 0 saturated carbocycles. The van der Waals surface area contributed by atoms with Crippen molar-refractivity contribution in [2.45, 2.75) is 26.1 Å². The van der Waals surface area contributed by atoms with Gasteiger partial charge >= 0.3 is 0 Å². The highest BCUT2D eigenvalue weighted by Crippen LogP contribution is 2.33. The standard InChI is InChI=1S/C13H18N2O4/c1-9-4-3-5-12(15(17)18)13(9)14-6-10(2)19-11(7-14)8-16/h3-5,10-11,16H,6-8H2,1-2H3. The van der Waals surface area contributed by atoms with Crippen LogP contribution in [0, 0.1) is 17.0 Å². The number of nitrogens with zero attached hydrogens (tertiary/aromatic N) is 2. The van der Waals surface area contributed by atoms with Crippen molar-refractivity contribution in [1.82, 2.24) is 0 Å². The van der Waals surface area contributed by atoms with E-state index in [1.807, 2.05) is 24.8 Å². The van der Waals surface area contributed by atoms with Crippen LogP contribution in [0.4, 0.5) is 11.4 Å². The molecule has 0 spiro atoms. The fourth-order valence-corrected chi connectivity index (χ4v) is 2.53. The van der Waals surface area contributed by atoms with Crippen molar-refractivity contribution in [2.75, 3.05) is 24.6 Å². The number of nitro groups is 1. The van der Waals surface area contributed by atoms with E-state index in [2.05, 4.69) is 0 Å². The molecule has 1 aliphatic heterocycles. The minimum absolute atomic E-state index is 0.0647. The maximum absolute atomic E-state index is 11.1. The summed E-state index contributed by atoms with van der Waals surface area (Å²) in [7, 11) is 0. The molecule has 0 radical (unpaired) electrons. The second kappa shape index (κ2) is 5.54. The molecule has 1 saturated heterocycles. The Morgan fingerprint density at radius 2 is 2.26 bits per heavy atom. The van der Waals surface area contributed by atoms with E-state index >= 15 is 0 Å². The summed E-state index contributed by atoms with van der Waals surface area (Å²) in [6.07, 6.45) is -0.368. The molecule has 6 heteroatoms. The first-order valence-corrected chi connectivity index (χ1v) is 6.28. The zero-order valence-corrected chi connectivity index (χ0v) is 11.1. The lowest BCUT2D eigenvalue weighted by Crippen LogP contribution is -2.48. The van der Waals surface area contributed by atoms with Crippen molar-refractivity contribution < 1.29 is 14.8 Å². The lowest BCUT2D eigenvalue weighted by atomic mass is 10.1. The molecule has 0 aromatic heterocycles. The first kappa shape index (κ1) is 13.8. The minimum Gasteiger partial charge on any atom is -0.394 e. The molecule has 0 bridgehead atoms. The SMILES string of the molecule is Cc1cccc([N+](=O)[O-])c1N1CC(C)OC(CO)C1. The van der Waals surface area contributed by atoms with Crippen LogP contribution in [0.1, 0.15) is 12.5 Å². The third-order valence-electron chi connectivity index (χ3n) is 3.26. The van der Waals surface area contributed by atoms with E-state index in [4.69, 9.17) is 4.74 Å². The van der Waals surface area contributed by atoms with E-state index in [1.165, 1.54) is 6.07 Å². The Balaban J connectivity index is 2.37. The molecule has 1 fully saturated rings. The number of rotatable bonds is 3. The van der Waals surface area contributed by atoms with E-state index in [-0.39, 0.29) is 29.4 Å². The molecule has 1 aromatic rings. The molecular formula is C13H18N2O4. The van der Waals surface area contributed by atoms with Gasteiger partial charge in [0, 0.05) is 19.2 Å². The molecule has 6 nitrogen and oxygen atoms in total. The molecule has 1 aliphatic rings. The van der Waals surface area contributed by atoms with Gasteiger partial charge in [-0.2, -0.15) is 0 Å². The smallest absolute Gasteiger partial charge is 0.292 e. The van der Waals surface area contributed by atoms with Gasteiger partial charge in [-0.1, -0.05) is 12.1 Å². The molecule has 2 atom stereocenters. The van der Waals surface area contributed by atoms with E-state index in [0.717, 1.165) is 5.56 Å². The molecule has 1 heterocycles. The highest BCUT2D eigenvalue weighted by atomic mass is 16.6. The Hall–Kier alpha value is -1.66. The van der Waals surface area contributed by atoms with Crippen LogP contribution in [-0.4, -0.2) is 41.9 Å². The summed E-state index contributed by atoms with van der Waals surface area (Å²) in [5.41, 5.74) is 1.59. The van der Waals surface area contributed by atoms with E-state index in [1.54, 1.807) is 6.07 Å². The average Bonchev–Trinajstić information content (AvgIpc) is 2.37. The van der Waals surface area contributed by atoms with Gasteiger partial charge in [-0.15, -0.1) is 0 Å². The lowest BCUT2D eigenvalue weighted by molar-refractivity contribution is -0.384. The summed E-state index contributed by atoms with van der Waals surface area (Å²) in [5.74, 6) is 0. The van der Waals surface area contributed by atoms with E-state index in [0.29, 0.717) is 18.8 Å². The second-order valence-corrected chi connectivity index (χ2v) is 4.86. The van der Waals surface area contributed by atoms with Crippen molar-refractivity contribution in [2.24, 2.45) is 0 Å². The van der Waals surface area contributed by atoms with Gasteiger partial charge in [-0.3, -0.25) is 10.1 Å². The molecular weight excluding hydrogens is 248 g/mol. The van der Waals surface area contributed by atoms with Crippen LogP contribution in [0.25, 0.3) is 0 Å². The molecule has 1 N–H and O–H groups in total. The number of aliphatic hydroxyl groups is 1. The number of aryl methyl sites for hydroxylation is 1. The third kappa shape index (κ3) is 2.85. The van der Waals surface area contributed by atoms with Gasteiger partial charge in [0.2, 0.25) is 0 Å². The fourth-order valence-electron chi connectivity index (χ4n) is 2.53. The first-order valence-electron chi connectivity index (χ1n) is 6.28. The number of hydrogen-bond acceptors (Lipinski definition) is 5. The quantitative estimate of drug-likeness (QED) is 0.662. The summed E-state index contributed by atoms with van der Waals surface area (Å²) < 4.78 is 5.57. The van der Waals surface area contributed by atoms with Crippen LogP contribution in [0.5, 0.6) is 0 Å². The van der Waals surface area contributed by atoms with Gasteiger partial charge in [0.15, 0.2) is 0 Å². The minimum atomic E-state index is -0.365. The summed E-state index contributed by atoms with van der Waals surface area (Å²) >= 11 is 0. The Labute approximate surface area is 111 Å². The number of para-hydroxylation sites is 1. The zero-order chi connectivity index (χ0) is 14.0. The number of hydrogen-bond donors (Lipinski definition) is 1. The van der Waals surface area contributed by atoms with Gasteiger partial charge in [-0.25, -0.2) is 0 Å². The molecule has 2 rings (SSSR count). The fraction of sp³-hybridized carbons (Fsp3) is 0.538. The van der Waals surface area contributed by atoms with Crippen LogP contribution < -0.4 is 4.90 Å². The largest absolute Gasteiger partial charge is 0.394 e. The number of nitro benzene ring substituents is 1. The second-order valence-electron chi connectivity index (χ2n) is 4.86. The highest BCUT2D eigenvalue weighted by Gasteiger charge is 2.29. The van der Waals surface area contributed by atoms with Crippen LogP contribution in [0.2, 0.25) is 0 Å². The van der Waals surface area contributed by atoms with Gasteiger partial charge in [0.25, 0.3) is 5.69 Å². The van der Waals surface area contributed by atoms with Gasteiger partial charge in [-0.05, 0) is 19.4 Å². The number of aliphatic hydroxyl groups excluding tert-OH is 1. The predicted octanol–water partition coefficient (Wildman–Crippen LogP) is 1.49. The summed E-state index contributed by atoms with van der Waals surface area (Å²) in [5, 5.41) is 20.4. The molecule has 19 heavy (non-hydrogen) atoms. The van der Waals surface area contributed by atoms with Gasteiger partial charge in [0.1, 0.15) is 5.69 Å². The summed E-state index contributed by atoms with van der Waals surface area (Å²) in [6.45, 7) is 4.73. The van der Waals surface area contributed by atoms with Gasteiger partial charge in [0.05, 0.1) is 23.7 Å². The van der Waals surface area contributed by atoms with E-state index in [9.17, 15) is 15.2 Å². The summed E-state index contributed by atoms with van der Waals surface area (Å²) in [4.78, 5) is 12.7. The average molecular weight is 266 g/mol. The van der Waals surface area contributed by atoms with Crippen LogP contribution >= 0.6 is 0 Å². The predicted molar refractivity (Wildman–Crippen MR) is 71.5 cm³/mol. The molecule has 2 unspecified atom stereocenters. The topological polar surface area (TPSA) is 75.8 Å². The molecule has 1 aromatic carbocycles. The van der Waals surface area contributed by atoms with Crippen molar-refractivity contribution in [3.63, 3.8) is 0 Å². The number of ether oxygens (including phenoxy) is 1. The van der Waals surface area contributed by atoms with Gasteiger partial charge < -0.3 is 14.7 Å². The Bertz CT molecular complexity index is 478. The normalized spacial score (nSPS) is 23.4. The van der Waals surface area contributed by atoms with Crippen molar-refractivity contribution in [3.8, 4) is 0 Å². The number of benzene rings is 1. The Morgan fingerprint density at radius 1 is 1.53 bits per heavy atom. The molecule has 0 aliphatic carbocycles. The molecule has 104 valence electrons. The highest BCUT2D eigenvalue weighted by molar-refractivity contribution is 5.68. The zero-order valence-electron chi connectivity index (χ0n) is 11.1. The Morgan fingerprint density at radius 3 is 2.89 bits per heavy atom.